The number of hydrogen-bond acceptors (Lipinski definition) is 5. The molecule has 0 heterocycles. The number of rotatable bonds is 6. The van der Waals surface area contributed by atoms with Crippen molar-refractivity contribution in [1.82, 2.24) is 5.32 Å². The second-order valence-electron chi connectivity index (χ2n) is 5.10. The van der Waals surface area contributed by atoms with Gasteiger partial charge in [-0.2, -0.15) is 0 Å². The van der Waals surface area contributed by atoms with Crippen molar-refractivity contribution in [2.75, 3.05) is 26.6 Å². The summed E-state index contributed by atoms with van der Waals surface area (Å²) in [6, 6.07) is 11.5. The van der Waals surface area contributed by atoms with Gasteiger partial charge in [-0.05, 0) is 17.7 Å². The van der Waals surface area contributed by atoms with Crippen molar-refractivity contribution in [2.24, 2.45) is 0 Å². The van der Waals surface area contributed by atoms with Gasteiger partial charge in [0.05, 0.1) is 26.9 Å². The number of hydrogen-bond donors (Lipinski definition) is 2. The molecule has 2 aromatic carbocycles. The predicted molar refractivity (Wildman–Crippen MR) is 93.2 cm³/mol. The van der Waals surface area contributed by atoms with Crippen LogP contribution in [0.3, 0.4) is 0 Å². The van der Waals surface area contributed by atoms with Crippen LogP contribution in [0.5, 0.6) is 11.5 Å². The van der Waals surface area contributed by atoms with Crippen molar-refractivity contribution in [3.05, 3.63) is 53.6 Å². The number of urea groups is 1. The monoisotopic (exact) mass is 344 g/mol. The summed E-state index contributed by atoms with van der Waals surface area (Å²) in [5, 5.41) is 5.45. The molecule has 2 N–H and O–H groups in total. The average molecular weight is 344 g/mol. The molecule has 0 bridgehead atoms. The molecular formula is C18H20N2O5. The van der Waals surface area contributed by atoms with Crippen LogP contribution in [-0.2, 0) is 11.3 Å². The van der Waals surface area contributed by atoms with Gasteiger partial charge in [-0.3, -0.25) is 0 Å². The molecule has 0 saturated heterocycles. The lowest BCUT2D eigenvalue weighted by molar-refractivity contribution is 0.0600. The van der Waals surface area contributed by atoms with Gasteiger partial charge in [-0.25, -0.2) is 9.59 Å². The van der Waals surface area contributed by atoms with Crippen LogP contribution >= 0.6 is 0 Å². The highest BCUT2D eigenvalue weighted by atomic mass is 16.5. The highest BCUT2D eigenvalue weighted by molar-refractivity contribution is 5.90. The highest BCUT2D eigenvalue weighted by Crippen LogP contribution is 2.25. The molecule has 25 heavy (non-hydrogen) atoms. The van der Waals surface area contributed by atoms with E-state index in [9.17, 15) is 9.59 Å². The zero-order valence-electron chi connectivity index (χ0n) is 14.3. The Hall–Kier alpha value is -3.22. The van der Waals surface area contributed by atoms with E-state index in [0.29, 0.717) is 29.3 Å². The number of carbonyl (C=O) groups excluding carboxylic acids is 2. The SMILES string of the molecule is COC(=O)c1ccc(CNC(=O)Nc2cc(OC)cc(OC)c2)cc1. The van der Waals surface area contributed by atoms with E-state index in [4.69, 9.17) is 9.47 Å². The van der Waals surface area contributed by atoms with E-state index in [1.54, 1.807) is 42.5 Å². The third-order valence-electron chi connectivity index (χ3n) is 3.44. The lowest BCUT2D eigenvalue weighted by atomic mass is 10.1. The van der Waals surface area contributed by atoms with Crippen molar-refractivity contribution in [3.8, 4) is 11.5 Å². The Balaban J connectivity index is 1.93. The first kappa shape index (κ1) is 18.1. The number of ether oxygens (including phenoxy) is 3. The summed E-state index contributed by atoms with van der Waals surface area (Å²) in [6.07, 6.45) is 0. The van der Waals surface area contributed by atoms with E-state index in [0.717, 1.165) is 5.56 Å². The fourth-order valence-electron chi connectivity index (χ4n) is 2.11. The van der Waals surface area contributed by atoms with E-state index in [-0.39, 0.29) is 6.03 Å². The molecule has 0 spiro atoms. The van der Waals surface area contributed by atoms with Crippen molar-refractivity contribution in [2.45, 2.75) is 6.54 Å². The molecule has 0 fully saturated rings. The molecule has 2 rings (SSSR count). The fourth-order valence-corrected chi connectivity index (χ4v) is 2.11. The topological polar surface area (TPSA) is 85.9 Å². The minimum atomic E-state index is -0.399. The van der Waals surface area contributed by atoms with Crippen LogP contribution in [0, 0.1) is 0 Å². The number of methoxy groups -OCH3 is 3. The molecule has 7 nitrogen and oxygen atoms in total. The van der Waals surface area contributed by atoms with Gasteiger partial charge < -0.3 is 24.8 Å². The Morgan fingerprint density at radius 3 is 2.04 bits per heavy atom. The van der Waals surface area contributed by atoms with Crippen LogP contribution in [0.15, 0.2) is 42.5 Å². The summed E-state index contributed by atoms with van der Waals surface area (Å²) in [6.45, 7) is 0.314. The van der Waals surface area contributed by atoms with Crippen LogP contribution in [0.25, 0.3) is 0 Å². The molecule has 2 amide bonds. The van der Waals surface area contributed by atoms with Gasteiger partial charge in [0.15, 0.2) is 0 Å². The number of amides is 2. The lowest BCUT2D eigenvalue weighted by Crippen LogP contribution is -2.28. The fraction of sp³-hybridized carbons (Fsp3) is 0.222. The first-order valence-electron chi connectivity index (χ1n) is 7.51. The molecule has 0 unspecified atom stereocenters. The molecule has 0 radical (unpaired) electrons. The average Bonchev–Trinajstić information content (AvgIpc) is 2.65. The zero-order valence-corrected chi connectivity index (χ0v) is 14.3. The second-order valence-corrected chi connectivity index (χ2v) is 5.10. The van der Waals surface area contributed by atoms with Crippen LogP contribution in [0.1, 0.15) is 15.9 Å². The number of esters is 1. The van der Waals surface area contributed by atoms with Gasteiger partial charge in [0.25, 0.3) is 0 Å². The van der Waals surface area contributed by atoms with Gasteiger partial charge >= 0.3 is 12.0 Å². The standard InChI is InChI=1S/C18H20N2O5/c1-23-15-8-14(9-16(10-15)24-2)20-18(22)19-11-12-4-6-13(7-5-12)17(21)25-3/h4-10H,11H2,1-3H3,(H2,19,20,22). The van der Waals surface area contributed by atoms with Crippen LogP contribution in [0.4, 0.5) is 10.5 Å². The number of nitrogens with one attached hydrogen (secondary N) is 2. The molecule has 0 atom stereocenters. The van der Waals surface area contributed by atoms with E-state index in [1.807, 2.05) is 0 Å². The van der Waals surface area contributed by atoms with E-state index in [2.05, 4.69) is 15.4 Å². The minimum Gasteiger partial charge on any atom is -0.497 e. The first-order chi connectivity index (χ1) is 12.0. The quantitative estimate of drug-likeness (QED) is 0.787. The molecule has 132 valence electrons. The Kier molecular flexibility index (Phi) is 6.22. The van der Waals surface area contributed by atoms with Gasteiger partial charge in [0, 0.05) is 30.4 Å². The third kappa shape index (κ3) is 5.13. The smallest absolute Gasteiger partial charge is 0.337 e. The summed E-state index contributed by atoms with van der Waals surface area (Å²) >= 11 is 0. The van der Waals surface area contributed by atoms with E-state index in [1.165, 1.54) is 21.3 Å². The van der Waals surface area contributed by atoms with Gasteiger partial charge in [-0.1, -0.05) is 12.1 Å². The molecule has 0 aromatic heterocycles. The Bertz CT molecular complexity index is 721. The maximum Gasteiger partial charge on any atom is 0.337 e. The molecule has 0 aliphatic heterocycles. The van der Waals surface area contributed by atoms with Crippen molar-refractivity contribution in [3.63, 3.8) is 0 Å². The predicted octanol–water partition coefficient (Wildman–Crippen LogP) is 2.81. The molecule has 7 heteroatoms. The van der Waals surface area contributed by atoms with Crippen molar-refractivity contribution in [1.29, 1.82) is 0 Å². The largest absolute Gasteiger partial charge is 0.497 e. The number of benzene rings is 2. The van der Waals surface area contributed by atoms with E-state index >= 15 is 0 Å². The van der Waals surface area contributed by atoms with Crippen LogP contribution < -0.4 is 20.1 Å². The summed E-state index contributed by atoms with van der Waals surface area (Å²) in [5.41, 5.74) is 1.86. The highest BCUT2D eigenvalue weighted by Gasteiger charge is 2.07. The maximum absolute atomic E-state index is 12.0. The normalized spacial score (nSPS) is 9.88. The number of carbonyl (C=O) groups is 2. The van der Waals surface area contributed by atoms with Crippen molar-refractivity contribution >= 4 is 17.7 Å². The zero-order chi connectivity index (χ0) is 18.2. The second kappa shape index (κ2) is 8.58. The van der Waals surface area contributed by atoms with Crippen LogP contribution in [0.2, 0.25) is 0 Å². The minimum absolute atomic E-state index is 0.314. The number of anilines is 1. The van der Waals surface area contributed by atoms with Gasteiger partial charge in [-0.15, -0.1) is 0 Å². The van der Waals surface area contributed by atoms with Gasteiger partial charge in [0.1, 0.15) is 11.5 Å². The summed E-state index contributed by atoms with van der Waals surface area (Å²) in [7, 11) is 4.41. The summed E-state index contributed by atoms with van der Waals surface area (Å²) < 4.78 is 15.0. The Morgan fingerprint density at radius 2 is 1.52 bits per heavy atom. The Labute approximate surface area is 145 Å². The molecule has 2 aromatic rings. The molecular weight excluding hydrogens is 324 g/mol. The maximum atomic E-state index is 12.0. The van der Waals surface area contributed by atoms with E-state index < -0.39 is 5.97 Å². The van der Waals surface area contributed by atoms with Crippen LogP contribution in [-0.4, -0.2) is 33.3 Å². The molecule has 0 aliphatic rings. The van der Waals surface area contributed by atoms with Gasteiger partial charge in [0.2, 0.25) is 0 Å². The third-order valence-corrected chi connectivity index (χ3v) is 3.44. The van der Waals surface area contributed by atoms with Crippen molar-refractivity contribution < 1.29 is 23.8 Å². The Morgan fingerprint density at radius 1 is 0.920 bits per heavy atom. The lowest BCUT2D eigenvalue weighted by Gasteiger charge is -2.11. The first-order valence-corrected chi connectivity index (χ1v) is 7.51. The molecule has 0 aliphatic carbocycles. The molecule has 0 saturated carbocycles. The summed E-state index contributed by atoms with van der Waals surface area (Å²) in [4.78, 5) is 23.4. The summed E-state index contributed by atoms with van der Waals surface area (Å²) in [5.74, 6) is 0.755.